The molecule has 1 heterocycles. The Morgan fingerprint density at radius 1 is 1.23 bits per heavy atom. The number of nitrogens with one attached hydrogen (secondary N) is 1. The van der Waals surface area contributed by atoms with Gasteiger partial charge < -0.3 is 20.5 Å². The van der Waals surface area contributed by atoms with E-state index in [2.05, 4.69) is 10.1 Å². The molecule has 0 atom stereocenters. The van der Waals surface area contributed by atoms with Crippen LogP contribution in [0.15, 0.2) is 0 Å². The highest BCUT2D eigenvalue weighted by molar-refractivity contribution is 7.99. The third kappa shape index (κ3) is 4.46. The van der Waals surface area contributed by atoms with Crippen molar-refractivity contribution in [2.24, 2.45) is 5.73 Å². The quantitative estimate of drug-likeness (QED) is 0.565. The van der Waals surface area contributed by atoms with Crippen LogP contribution in [0, 0.1) is 6.92 Å². The third-order valence-electron chi connectivity index (χ3n) is 2.66. The van der Waals surface area contributed by atoms with Gasteiger partial charge >= 0.3 is 11.9 Å². The highest BCUT2D eigenvalue weighted by atomic mass is 32.2. The van der Waals surface area contributed by atoms with Crippen molar-refractivity contribution in [3.8, 4) is 0 Å². The zero-order chi connectivity index (χ0) is 16.7. The van der Waals surface area contributed by atoms with Gasteiger partial charge in [-0.25, -0.2) is 9.59 Å². The number of hydrogen-bond acceptors (Lipinski definition) is 8. The smallest absolute Gasteiger partial charge is 0.348 e. The lowest BCUT2D eigenvalue weighted by atomic mass is 10.1. The normalized spacial score (nSPS) is 10.2. The van der Waals surface area contributed by atoms with E-state index in [0.717, 1.165) is 11.3 Å². The molecule has 1 rings (SSSR count). The average molecular weight is 346 g/mol. The summed E-state index contributed by atoms with van der Waals surface area (Å²) in [7, 11) is 2.49. The van der Waals surface area contributed by atoms with Gasteiger partial charge in [0.05, 0.1) is 25.5 Å². The van der Waals surface area contributed by atoms with Gasteiger partial charge in [0.25, 0.3) is 0 Å². The van der Waals surface area contributed by atoms with E-state index >= 15 is 0 Å². The van der Waals surface area contributed by atoms with Crippen LogP contribution < -0.4 is 11.1 Å². The summed E-state index contributed by atoms with van der Waals surface area (Å²) < 4.78 is 9.38. The Kier molecular flexibility index (Phi) is 7.36. The molecular formula is C13H18N2O5S2. The second-order valence-corrected chi connectivity index (χ2v) is 6.26. The monoisotopic (exact) mass is 346 g/mol. The molecule has 0 unspecified atom stereocenters. The molecule has 22 heavy (non-hydrogen) atoms. The number of hydrogen-bond donors (Lipinski definition) is 2. The van der Waals surface area contributed by atoms with Crippen molar-refractivity contribution in [2.45, 2.75) is 6.92 Å². The minimum Gasteiger partial charge on any atom is -0.465 e. The number of amides is 1. The fraction of sp³-hybridized carbons (Fsp3) is 0.462. The van der Waals surface area contributed by atoms with Gasteiger partial charge in [0, 0.05) is 12.3 Å². The Bertz CT molecular complexity index is 571. The van der Waals surface area contributed by atoms with Crippen molar-refractivity contribution in [3.63, 3.8) is 0 Å². The predicted octanol–water partition coefficient (Wildman–Crippen LogP) is 1.26. The van der Waals surface area contributed by atoms with Gasteiger partial charge in [0.2, 0.25) is 5.91 Å². The Hall–Kier alpha value is -1.58. The van der Waals surface area contributed by atoms with Crippen LogP contribution in [0.3, 0.4) is 0 Å². The van der Waals surface area contributed by atoms with Crippen molar-refractivity contribution in [1.29, 1.82) is 0 Å². The zero-order valence-electron chi connectivity index (χ0n) is 12.6. The number of methoxy groups -OCH3 is 2. The summed E-state index contributed by atoms with van der Waals surface area (Å²) in [5, 5.41) is 2.91. The maximum atomic E-state index is 11.9. The third-order valence-corrected chi connectivity index (χ3v) is 4.83. The number of esters is 2. The first-order valence-corrected chi connectivity index (χ1v) is 8.31. The van der Waals surface area contributed by atoms with Gasteiger partial charge in [0.15, 0.2) is 0 Å². The molecular weight excluding hydrogens is 328 g/mol. The molecule has 0 radical (unpaired) electrons. The molecule has 0 aliphatic heterocycles. The SMILES string of the molecule is COC(=O)c1sc(NC(=O)CSCCN)c(C(=O)OC)c1C. The van der Waals surface area contributed by atoms with Crippen LogP contribution in [-0.4, -0.2) is 50.1 Å². The van der Waals surface area contributed by atoms with Crippen LogP contribution in [-0.2, 0) is 14.3 Å². The molecule has 0 saturated heterocycles. The number of carbonyl (C=O) groups excluding carboxylic acids is 3. The summed E-state index contributed by atoms with van der Waals surface area (Å²) in [6, 6.07) is 0. The van der Waals surface area contributed by atoms with Gasteiger partial charge in [-0.05, 0) is 12.5 Å². The first-order chi connectivity index (χ1) is 10.5. The van der Waals surface area contributed by atoms with Crippen LogP contribution in [0.4, 0.5) is 5.00 Å². The van der Waals surface area contributed by atoms with E-state index in [-0.39, 0.29) is 27.1 Å². The summed E-state index contributed by atoms with van der Waals surface area (Å²) in [6.07, 6.45) is 0. The zero-order valence-corrected chi connectivity index (χ0v) is 14.2. The number of rotatable bonds is 7. The summed E-state index contributed by atoms with van der Waals surface area (Å²) in [6.45, 7) is 2.09. The molecule has 0 aromatic carbocycles. The lowest BCUT2D eigenvalue weighted by molar-refractivity contribution is -0.113. The Morgan fingerprint density at radius 3 is 2.41 bits per heavy atom. The Labute approximate surface area is 136 Å². The molecule has 0 spiro atoms. The van der Waals surface area contributed by atoms with Gasteiger partial charge in [-0.2, -0.15) is 11.8 Å². The molecule has 122 valence electrons. The number of anilines is 1. The van der Waals surface area contributed by atoms with Crippen molar-refractivity contribution in [1.82, 2.24) is 0 Å². The highest BCUT2D eigenvalue weighted by Crippen LogP contribution is 2.34. The fourth-order valence-corrected chi connectivity index (χ4v) is 3.35. The highest BCUT2D eigenvalue weighted by Gasteiger charge is 2.26. The molecule has 0 saturated carbocycles. The first kappa shape index (κ1) is 18.5. The molecule has 3 N–H and O–H groups in total. The lowest BCUT2D eigenvalue weighted by Crippen LogP contribution is -2.17. The van der Waals surface area contributed by atoms with Gasteiger partial charge in [-0.1, -0.05) is 0 Å². The van der Waals surface area contributed by atoms with Crippen molar-refractivity contribution < 1.29 is 23.9 Å². The van der Waals surface area contributed by atoms with E-state index < -0.39 is 11.9 Å². The van der Waals surface area contributed by atoms with Crippen LogP contribution in [0.1, 0.15) is 25.6 Å². The first-order valence-electron chi connectivity index (χ1n) is 6.33. The standard InChI is InChI=1S/C13H18N2O5S2/c1-7-9(12(17)19-2)11(22-10(7)13(18)20-3)15-8(16)6-21-5-4-14/h4-6,14H2,1-3H3,(H,15,16). The Morgan fingerprint density at radius 2 is 1.86 bits per heavy atom. The molecule has 0 aliphatic carbocycles. The van der Waals surface area contributed by atoms with E-state index in [9.17, 15) is 14.4 Å². The fourth-order valence-electron chi connectivity index (χ4n) is 1.65. The summed E-state index contributed by atoms with van der Waals surface area (Å²) in [5.41, 5.74) is 5.95. The van der Waals surface area contributed by atoms with Gasteiger partial charge in [-0.3, -0.25) is 4.79 Å². The lowest BCUT2D eigenvalue weighted by Gasteiger charge is -2.05. The molecule has 7 nitrogen and oxygen atoms in total. The molecule has 1 amide bonds. The van der Waals surface area contributed by atoms with Crippen LogP contribution in [0.5, 0.6) is 0 Å². The van der Waals surface area contributed by atoms with E-state index in [0.29, 0.717) is 17.9 Å². The summed E-state index contributed by atoms with van der Waals surface area (Å²) in [5.74, 6) is -0.586. The second kappa shape index (κ2) is 8.76. The van der Waals surface area contributed by atoms with Crippen LogP contribution >= 0.6 is 23.1 Å². The maximum Gasteiger partial charge on any atom is 0.348 e. The van der Waals surface area contributed by atoms with Crippen molar-refractivity contribution >= 4 is 45.9 Å². The van der Waals surface area contributed by atoms with Gasteiger partial charge in [0.1, 0.15) is 9.88 Å². The minimum absolute atomic E-state index is 0.171. The van der Waals surface area contributed by atoms with Gasteiger partial charge in [-0.15, -0.1) is 11.3 Å². The molecule has 1 aromatic heterocycles. The van der Waals surface area contributed by atoms with E-state index in [1.54, 1.807) is 6.92 Å². The van der Waals surface area contributed by atoms with Crippen molar-refractivity contribution in [2.75, 3.05) is 37.6 Å². The van der Waals surface area contributed by atoms with Crippen molar-refractivity contribution in [3.05, 3.63) is 16.0 Å². The minimum atomic E-state index is -0.617. The summed E-state index contributed by atoms with van der Waals surface area (Å²) >= 11 is 2.37. The molecule has 1 aromatic rings. The number of carbonyl (C=O) groups is 3. The number of thioether (sulfide) groups is 1. The van der Waals surface area contributed by atoms with E-state index in [1.807, 2.05) is 0 Å². The predicted molar refractivity (Wildman–Crippen MR) is 86.7 cm³/mol. The van der Waals surface area contributed by atoms with Crippen LogP contribution in [0.2, 0.25) is 0 Å². The topological polar surface area (TPSA) is 108 Å². The summed E-state index contributed by atoms with van der Waals surface area (Å²) in [4.78, 5) is 35.7. The molecule has 0 bridgehead atoms. The molecule has 9 heteroatoms. The van der Waals surface area contributed by atoms with E-state index in [1.165, 1.54) is 26.0 Å². The second-order valence-electron chi connectivity index (χ2n) is 4.13. The largest absolute Gasteiger partial charge is 0.465 e. The van der Waals surface area contributed by atoms with E-state index in [4.69, 9.17) is 10.5 Å². The Balaban J connectivity index is 3.04. The number of thiophene rings is 1. The molecule has 0 fully saturated rings. The number of nitrogens with two attached hydrogens (primary N) is 1. The van der Waals surface area contributed by atoms with Crippen LogP contribution in [0.25, 0.3) is 0 Å². The maximum absolute atomic E-state index is 11.9. The average Bonchev–Trinajstić information content (AvgIpc) is 2.82. The number of ether oxygens (including phenoxy) is 2. The molecule has 0 aliphatic rings.